The quantitative estimate of drug-likeness (QED) is 0.492. The lowest BCUT2D eigenvalue weighted by molar-refractivity contribution is 0.850. The van der Waals surface area contributed by atoms with Crippen LogP contribution >= 0.6 is 0 Å². The van der Waals surface area contributed by atoms with Crippen molar-refractivity contribution in [3.63, 3.8) is 0 Å². The fraction of sp³-hybridized carbons (Fsp3) is 0.438. The zero-order valence-corrected chi connectivity index (χ0v) is 11.9. The van der Waals surface area contributed by atoms with Crippen molar-refractivity contribution in [2.75, 3.05) is 11.9 Å². The van der Waals surface area contributed by atoms with E-state index in [2.05, 4.69) is 48.4 Å². The Morgan fingerprint density at radius 2 is 2.00 bits per heavy atom. The zero-order chi connectivity index (χ0) is 13.7. The largest absolute Gasteiger partial charge is 0.370 e. The smallest absolute Gasteiger partial charge is 0.193 e. The topological polar surface area (TPSA) is 50.4 Å². The van der Waals surface area contributed by atoms with Crippen LogP contribution < -0.4 is 11.1 Å². The highest BCUT2D eigenvalue weighted by Gasteiger charge is 2.03. The number of aryl methyl sites for hydroxylation is 2. The van der Waals surface area contributed by atoms with Gasteiger partial charge in [-0.3, -0.25) is 4.99 Å². The van der Waals surface area contributed by atoms with Crippen LogP contribution in [0.2, 0.25) is 0 Å². The number of anilines is 1. The molecule has 3 nitrogen and oxygen atoms in total. The molecule has 102 valence electrons. The van der Waals surface area contributed by atoms with Gasteiger partial charge in [-0.2, -0.15) is 0 Å². The van der Waals surface area contributed by atoms with Crippen LogP contribution in [0.4, 0.5) is 5.69 Å². The molecular weight excluding hydrogens is 234 g/mol. The molecule has 3 heteroatoms. The first-order valence-corrected chi connectivity index (χ1v) is 6.96. The molecule has 3 N–H and O–H groups in total. The summed E-state index contributed by atoms with van der Waals surface area (Å²) in [6.45, 7) is 4.94. The molecule has 0 saturated heterocycles. The normalized spacial score (nSPS) is 15.5. The number of rotatable bonds is 4. The molecule has 0 amide bonds. The molecule has 1 aliphatic rings. The number of allylic oxidation sites excluding steroid dienone is 1. The van der Waals surface area contributed by atoms with Crippen molar-refractivity contribution in [2.24, 2.45) is 10.7 Å². The van der Waals surface area contributed by atoms with Gasteiger partial charge in [0.1, 0.15) is 0 Å². The van der Waals surface area contributed by atoms with E-state index in [1.54, 1.807) is 0 Å². The maximum absolute atomic E-state index is 5.91. The van der Waals surface area contributed by atoms with E-state index >= 15 is 0 Å². The van der Waals surface area contributed by atoms with Gasteiger partial charge in [0.2, 0.25) is 0 Å². The molecule has 0 radical (unpaired) electrons. The monoisotopic (exact) mass is 257 g/mol. The average Bonchev–Trinajstić information content (AvgIpc) is 2.80. The SMILES string of the molecule is Cc1cc(C)cc(NC(N)=NCCC2=CCCC2)c1. The Morgan fingerprint density at radius 1 is 1.26 bits per heavy atom. The molecule has 0 atom stereocenters. The Hall–Kier alpha value is -1.77. The molecule has 0 heterocycles. The van der Waals surface area contributed by atoms with E-state index in [9.17, 15) is 0 Å². The van der Waals surface area contributed by atoms with Crippen LogP contribution in [0.1, 0.15) is 36.8 Å². The Labute approximate surface area is 115 Å². The van der Waals surface area contributed by atoms with Gasteiger partial charge < -0.3 is 11.1 Å². The molecule has 0 aliphatic heterocycles. The summed E-state index contributed by atoms with van der Waals surface area (Å²) < 4.78 is 0. The predicted molar refractivity (Wildman–Crippen MR) is 82.6 cm³/mol. The van der Waals surface area contributed by atoms with Crippen LogP contribution in [-0.2, 0) is 0 Å². The fourth-order valence-corrected chi connectivity index (χ4v) is 2.52. The first kappa shape index (κ1) is 13.7. The van der Waals surface area contributed by atoms with Gasteiger partial charge in [-0.1, -0.05) is 17.7 Å². The summed E-state index contributed by atoms with van der Waals surface area (Å²) in [4.78, 5) is 4.38. The van der Waals surface area contributed by atoms with Crippen LogP contribution in [0.3, 0.4) is 0 Å². The number of nitrogens with zero attached hydrogens (tertiary/aromatic N) is 1. The minimum Gasteiger partial charge on any atom is -0.370 e. The summed E-state index contributed by atoms with van der Waals surface area (Å²) in [6, 6.07) is 6.30. The molecule has 0 spiro atoms. The summed E-state index contributed by atoms with van der Waals surface area (Å²) in [6.07, 6.45) is 7.14. The Balaban J connectivity index is 1.86. The van der Waals surface area contributed by atoms with E-state index in [0.29, 0.717) is 5.96 Å². The van der Waals surface area contributed by atoms with Crippen molar-refractivity contribution in [3.05, 3.63) is 41.0 Å². The number of guanidine groups is 1. The van der Waals surface area contributed by atoms with E-state index in [4.69, 9.17) is 5.73 Å². The van der Waals surface area contributed by atoms with E-state index in [0.717, 1.165) is 18.7 Å². The van der Waals surface area contributed by atoms with Gasteiger partial charge >= 0.3 is 0 Å². The molecule has 1 aromatic carbocycles. The van der Waals surface area contributed by atoms with Crippen molar-refractivity contribution in [3.8, 4) is 0 Å². The summed E-state index contributed by atoms with van der Waals surface area (Å²) in [5.74, 6) is 0.503. The van der Waals surface area contributed by atoms with Crippen LogP contribution in [0.5, 0.6) is 0 Å². The fourth-order valence-electron chi connectivity index (χ4n) is 2.52. The third-order valence-corrected chi connectivity index (χ3v) is 3.34. The van der Waals surface area contributed by atoms with Gasteiger partial charge in [0.05, 0.1) is 0 Å². The van der Waals surface area contributed by atoms with Crippen LogP contribution in [0.25, 0.3) is 0 Å². The molecule has 1 aromatic rings. The summed E-state index contributed by atoms with van der Waals surface area (Å²) in [7, 11) is 0. The van der Waals surface area contributed by atoms with Gasteiger partial charge in [0.15, 0.2) is 5.96 Å². The third-order valence-electron chi connectivity index (χ3n) is 3.34. The minimum absolute atomic E-state index is 0.503. The maximum atomic E-state index is 5.91. The standard InChI is InChI=1S/C16H23N3/c1-12-9-13(2)11-15(10-12)19-16(17)18-8-7-14-5-3-4-6-14/h5,9-11H,3-4,6-8H2,1-2H3,(H3,17,18,19). The van der Waals surface area contributed by atoms with Gasteiger partial charge in [0.25, 0.3) is 0 Å². The van der Waals surface area contributed by atoms with E-state index in [-0.39, 0.29) is 0 Å². The molecule has 0 fully saturated rings. The molecule has 0 saturated carbocycles. The highest BCUT2D eigenvalue weighted by Crippen LogP contribution is 2.20. The Kier molecular flexibility index (Phi) is 4.61. The van der Waals surface area contributed by atoms with Gasteiger partial charge in [-0.25, -0.2) is 0 Å². The second-order valence-electron chi connectivity index (χ2n) is 5.27. The maximum Gasteiger partial charge on any atom is 0.193 e. The van der Waals surface area contributed by atoms with Crippen LogP contribution in [0.15, 0.2) is 34.8 Å². The Bertz CT molecular complexity index is 480. The third kappa shape index (κ3) is 4.43. The molecular formula is C16H23N3. The number of nitrogens with one attached hydrogen (secondary N) is 1. The zero-order valence-electron chi connectivity index (χ0n) is 11.9. The average molecular weight is 257 g/mol. The predicted octanol–water partition coefficient (Wildman–Crippen LogP) is 3.53. The minimum atomic E-state index is 0.503. The highest BCUT2D eigenvalue weighted by molar-refractivity contribution is 5.92. The van der Waals surface area contributed by atoms with E-state index < -0.39 is 0 Å². The lowest BCUT2D eigenvalue weighted by Crippen LogP contribution is -2.23. The first-order chi connectivity index (χ1) is 9.13. The molecule has 0 bridgehead atoms. The van der Waals surface area contributed by atoms with Gasteiger partial charge in [0, 0.05) is 12.2 Å². The first-order valence-electron chi connectivity index (χ1n) is 6.96. The number of nitrogens with two attached hydrogens (primary N) is 1. The van der Waals surface area contributed by atoms with Crippen molar-refractivity contribution in [1.82, 2.24) is 0 Å². The van der Waals surface area contributed by atoms with E-state index in [1.807, 2.05) is 0 Å². The molecule has 0 aromatic heterocycles. The van der Waals surface area contributed by atoms with Crippen molar-refractivity contribution in [1.29, 1.82) is 0 Å². The summed E-state index contributed by atoms with van der Waals surface area (Å²) in [5.41, 5.74) is 10.9. The van der Waals surface area contributed by atoms with Crippen molar-refractivity contribution < 1.29 is 0 Å². The van der Waals surface area contributed by atoms with Crippen molar-refractivity contribution >= 4 is 11.6 Å². The lowest BCUT2D eigenvalue weighted by atomic mass is 10.1. The number of aliphatic imine (C=N–C) groups is 1. The van der Waals surface area contributed by atoms with Gasteiger partial charge in [-0.15, -0.1) is 0 Å². The number of benzene rings is 1. The second kappa shape index (κ2) is 6.41. The molecule has 19 heavy (non-hydrogen) atoms. The number of hydrogen-bond acceptors (Lipinski definition) is 1. The molecule has 0 unspecified atom stereocenters. The summed E-state index contributed by atoms with van der Waals surface area (Å²) in [5, 5.41) is 3.16. The molecule has 2 rings (SSSR count). The van der Waals surface area contributed by atoms with Gasteiger partial charge in [-0.05, 0) is 62.8 Å². The summed E-state index contributed by atoms with van der Waals surface area (Å²) >= 11 is 0. The van der Waals surface area contributed by atoms with Crippen LogP contribution in [0, 0.1) is 13.8 Å². The van der Waals surface area contributed by atoms with Crippen molar-refractivity contribution in [2.45, 2.75) is 39.5 Å². The van der Waals surface area contributed by atoms with Crippen LogP contribution in [-0.4, -0.2) is 12.5 Å². The lowest BCUT2D eigenvalue weighted by Gasteiger charge is -2.08. The molecule has 1 aliphatic carbocycles. The highest BCUT2D eigenvalue weighted by atomic mass is 15.1. The van der Waals surface area contributed by atoms with E-state index in [1.165, 1.54) is 36.0 Å². The Morgan fingerprint density at radius 3 is 2.63 bits per heavy atom. The second-order valence-corrected chi connectivity index (χ2v) is 5.27. The number of hydrogen-bond donors (Lipinski definition) is 2.